The maximum atomic E-state index is 9.39. The summed E-state index contributed by atoms with van der Waals surface area (Å²) < 4.78 is 0. The molecule has 0 saturated heterocycles. The Morgan fingerprint density at radius 1 is 1.36 bits per heavy atom. The zero-order chi connectivity index (χ0) is 10.1. The van der Waals surface area contributed by atoms with Crippen molar-refractivity contribution in [2.45, 2.75) is 12.5 Å². The number of hydroxylamine groups is 1. The fourth-order valence-electron chi connectivity index (χ4n) is 1.62. The van der Waals surface area contributed by atoms with Crippen LogP contribution in [-0.2, 0) is 0 Å². The summed E-state index contributed by atoms with van der Waals surface area (Å²) in [5.41, 5.74) is 0.754. The fraction of sp³-hybridized carbons (Fsp3) is 0.273. The van der Waals surface area contributed by atoms with E-state index in [4.69, 9.17) is 0 Å². The van der Waals surface area contributed by atoms with Gasteiger partial charge in [-0.3, -0.25) is 10.3 Å². The number of aliphatic hydroxyl groups excluding tert-OH is 1. The van der Waals surface area contributed by atoms with E-state index in [9.17, 15) is 10.3 Å². The molecule has 2 rings (SSSR count). The number of anilines is 1. The number of hydrogen-bond acceptors (Lipinski definition) is 3. The van der Waals surface area contributed by atoms with E-state index in [2.05, 4.69) is 0 Å². The SMILES string of the molecule is CN(O)c1ccc2c(c1)=CCC(O)C=2. The van der Waals surface area contributed by atoms with Crippen molar-refractivity contribution in [2.75, 3.05) is 12.1 Å². The van der Waals surface area contributed by atoms with Gasteiger partial charge in [0, 0.05) is 7.05 Å². The first-order valence-electron chi connectivity index (χ1n) is 4.59. The van der Waals surface area contributed by atoms with Gasteiger partial charge in [0.05, 0.1) is 11.8 Å². The summed E-state index contributed by atoms with van der Waals surface area (Å²) in [6, 6.07) is 5.62. The standard InChI is InChI=1S/C11H13NO2/c1-12(14)10-4-2-9-7-11(13)5-3-8(9)6-10/h2-4,6-7,11,13-14H,5H2,1H3. The number of nitrogens with zero attached hydrogens (tertiary/aromatic N) is 1. The smallest absolute Gasteiger partial charge is 0.0764 e. The molecule has 1 aromatic carbocycles. The molecule has 1 aromatic rings. The third kappa shape index (κ3) is 1.64. The zero-order valence-electron chi connectivity index (χ0n) is 8.01. The molecule has 1 unspecified atom stereocenters. The molecule has 0 fully saturated rings. The van der Waals surface area contributed by atoms with Crippen LogP contribution in [0.2, 0.25) is 0 Å². The maximum Gasteiger partial charge on any atom is 0.0764 e. The van der Waals surface area contributed by atoms with E-state index < -0.39 is 0 Å². The monoisotopic (exact) mass is 191 g/mol. The number of hydrogen-bond donors (Lipinski definition) is 2. The van der Waals surface area contributed by atoms with Gasteiger partial charge in [0.1, 0.15) is 0 Å². The highest BCUT2D eigenvalue weighted by molar-refractivity contribution is 5.50. The summed E-state index contributed by atoms with van der Waals surface area (Å²) >= 11 is 0. The van der Waals surface area contributed by atoms with Gasteiger partial charge in [0.15, 0.2) is 0 Å². The average molecular weight is 191 g/mol. The molecule has 2 N–H and O–H groups in total. The predicted molar refractivity (Wildman–Crippen MR) is 55.4 cm³/mol. The van der Waals surface area contributed by atoms with Crippen molar-refractivity contribution in [3.05, 3.63) is 28.6 Å². The highest BCUT2D eigenvalue weighted by Gasteiger charge is 2.03. The fourth-order valence-corrected chi connectivity index (χ4v) is 1.62. The van der Waals surface area contributed by atoms with Gasteiger partial charge in [-0.15, -0.1) is 0 Å². The first-order valence-corrected chi connectivity index (χ1v) is 4.59. The Morgan fingerprint density at radius 3 is 2.86 bits per heavy atom. The van der Waals surface area contributed by atoms with Gasteiger partial charge in [-0.05, 0) is 35.1 Å². The van der Waals surface area contributed by atoms with Gasteiger partial charge >= 0.3 is 0 Å². The minimum absolute atomic E-state index is 0.375. The highest BCUT2D eigenvalue weighted by Crippen LogP contribution is 2.05. The summed E-state index contributed by atoms with van der Waals surface area (Å²) in [6.07, 6.45) is 4.08. The van der Waals surface area contributed by atoms with Crippen molar-refractivity contribution < 1.29 is 10.3 Å². The van der Waals surface area contributed by atoms with Gasteiger partial charge in [-0.2, -0.15) is 0 Å². The number of benzene rings is 1. The molecule has 3 heteroatoms. The Hall–Kier alpha value is -1.32. The van der Waals surface area contributed by atoms with Crippen LogP contribution in [-0.4, -0.2) is 23.5 Å². The number of aliphatic hydroxyl groups is 1. The third-order valence-electron chi connectivity index (χ3n) is 2.40. The van der Waals surface area contributed by atoms with Crippen LogP contribution in [0.4, 0.5) is 5.69 Å². The van der Waals surface area contributed by atoms with Gasteiger partial charge in [-0.25, -0.2) is 0 Å². The predicted octanol–water partition coefficient (Wildman–Crippen LogP) is -0.162. The molecule has 0 aliphatic heterocycles. The lowest BCUT2D eigenvalue weighted by Crippen LogP contribution is -2.31. The molecule has 0 bridgehead atoms. The molecule has 0 radical (unpaired) electrons. The van der Waals surface area contributed by atoms with Gasteiger partial charge in [0.2, 0.25) is 0 Å². The van der Waals surface area contributed by atoms with E-state index >= 15 is 0 Å². The molecule has 0 amide bonds. The Kier molecular flexibility index (Phi) is 2.27. The Morgan fingerprint density at radius 2 is 2.14 bits per heavy atom. The molecule has 1 atom stereocenters. The molecule has 1 aliphatic rings. The van der Waals surface area contributed by atoms with Crippen molar-refractivity contribution in [3.8, 4) is 0 Å². The lowest BCUT2D eigenvalue weighted by Gasteiger charge is -2.12. The second kappa shape index (κ2) is 3.44. The number of rotatable bonds is 1. The van der Waals surface area contributed by atoms with Gasteiger partial charge in [0.25, 0.3) is 0 Å². The van der Waals surface area contributed by atoms with Gasteiger partial charge in [-0.1, -0.05) is 12.1 Å². The van der Waals surface area contributed by atoms with Crippen molar-refractivity contribution in [1.82, 2.24) is 0 Å². The van der Waals surface area contributed by atoms with Crippen LogP contribution in [0.25, 0.3) is 12.2 Å². The summed E-state index contributed by atoms with van der Waals surface area (Å²) in [7, 11) is 1.59. The van der Waals surface area contributed by atoms with Crippen LogP contribution in [0.1, 0.15) is 6.42 Å². The average Bonchev–Trinajstić information content (AvgIpc) is 2.16. The molecular weight excluding hydrogens is 178 g/mol. The largest absolute Gasteiger partial charge is 0.389 e. The van der Waals surface area contributed by atoms with Crippen LogP contribution in [0.15, 0.2) is 18.2 Å². The van der Waals surface area contributed by atoms with E-state index in [1.165, 1.54) is 0 Å². The van der Waals surface area contributed by atoms with Gasteiger partial charge < -0.3 is 5.11 Å². The summed E-state index contributed by atoms with van der Waals surface area (Å²) in [6.45, 7) is 0. The molecule has 74 valence electrons. The van der Waals surface area contributed by atoms with Crippen LogP contribution < -0.4 is 15.5 Å². The Labute approximate surface area is 82.2 Å². The molecule has 14 heavy (non-hydrogen) atoms. The summed E-state index contributed by atoms with van der Waals surface area (Å²) in [5.74, 6) is 0. The third-order valence-corrected chi connectivity index (χ3v) is 2.40. The summed E-state index contributed by atoms with van der Waals surface area (Å²) in [5, 5.41) is 21.8. The van der Waals surface area contributed by atoms with Crippen LogP contribution >= 0.6 is 0 Å². The molecule has 3 nitrogen and oxygen atoms in total. The molecular formula is C11H13NO2. The van der Waals surface area contributed by atoms with E-state index in [1.807, 2.05) is 30.4 Å². The Balaban J connectivity index is 2.57. The first kappa shape index (κ1) is 9.24. The number of fused-ring (bicyclic) bond motifs is 1. The molecule has 0 heterocycles. The van der Waals surface area contributed by atoms with Crippen molar-refractivity contribution >= 4 is 17.8 Å². The molecule has 1 aliphatic carbocycles. The first-order chi connectivity index (χ1) is 6.66. The van der Waals surface area contributed by atoms with Crippen molar-refractivity contribution in [2.24, 2.45) is 0 Å². The van der Waals surface area contributed by atoms with Crippen LogP contribution in [0, 0.1) is 0 Å². The zero-order valence-corrected chi connectivity index (χ0v) is 8.01. The van der Waals surface area contributed by atoms with Crippen LogP contribution in [0.5, 0.6) is 0 Å². The second-order valence-electron chi connectivity index (χ2n) is 3.51. The van der Waals surface area contributed by atoms with E-state index in [1.54, 1.807) is 7.05 Å². The maximum absolute atomic E-state index is 9.39. The van der Waals surface area contributed by atoms with E-state index in [0.717, 1.165) is 21.2 Å². The van der Waals surface area contributed by atoms with Crippen molar-refractivity contribution in [3.63, 3.8) is 0 Å². The normalized spacial score (nSPS) is 19.2. The topological polar surface area (TPSA) is 43.7 Å². The lowest BCUT2D eigenvalue weighted by molar-refractivity contribution is 0.244. The molecule has 0 aromatic heterocycles. The second-order valence-corrected chi connectivity index (χ2v) is 3.51. The minimum Gasteiger partial charge on any atom is -0.389 e. The van der Waals surface area contributed by atoms with Crippen LogP contribution in [0.3, 0.4) is 0 Å². The molecule has 0 spiro atoms. The van der Waals surface area contributed by atoms with E-state index in [-0.39, 0.29) is 6.10 Å². The minimum atomic E-state index is -0.375. The Bertz CT molecular complexity index is 451. The lowest BCUT2D eigenvalue weighted by atomic mass is 10.1. The molecule has 0 saturated carbocycles. The van der Waals surface area contributed by atoms with E-state index in [0.29, 0.717) is 6.42 Å². The summed E-state index contributed by atoms with van der Waals surface area (Å²) in [4.78, 5) is 0. The quantitative estimate of drug-likeness (QED) is 0.606. The highest BCUT2D eigenvalue weighted by atomic mass is 16.5. The van der Waals surface area contributed by atoms with Crippen molar-refractivity contribution in [1.29, 1.82) is 0 Å².